The Hall–Kier alpha value is -0.360. The van der Waals surface area contributed by atoms with Crippen LogP contribution in [0.15, 0.2) is 0 Å². The van der Waals surface area contributed by atoms with Gasteiger partial charge in [-0.15, -0.1) is 0 Å². The van der Waals surface area contributed by atoms with E-state index in [0.29, 0.717) is 0 Å². The molecule has 0 N–H and O–H groups in total. The lowest BCUT2D eigenvalue weighted by atomic mass is 11.3. The van der Waals surface area contributed by atoms with Crippen molar-refractivity contribution >= 4 is 7.44 Å². The first-order valence-electron chi connectivity index (χ1n) is 2.82. The maximum Gasteiger partial charge on any atom is 0.312 e. The monoisotopic (exact) mass is 161 g/mol. The predicted molar refractivity (Wildman–Crippen MR) is 40.6 cm³/mol. The van der Waals surface area contributed by atoms with Crippen molar-refractivity contribution in [2.75, 3.05) is 28.2 Å². The summed E-state index contributed by atoms with van der Waals surface area (Å²) in [5, 5.41) is 8.53. The summed E-state index contributed by atoms with van der Waals surface area (Å²) in [6, 6.07) is 0. The predicted octanol–water partition coefficient (Wildman–Crippen LogP) is 0.784. The van der Waals surface area contributed by atoms with Gasteiger partial charge in [0.05, 0.1) is 0 Å². The van der Waals surface area contributed by atoms with Crippen LogP contribution in [0.1, 0.15) is 0 Å². The van der Waals surface area contributed by atoms with Gasteiger partial charge in [0, 0.05) is 0 Å². The molecule has 0 aromatic heterocycles. The van der Waals surface area contributed by atoms with Crippen LogP contribution in [-0.4, -0.2) is 37.5 Å². The zero-order chi connectivity index (χ0) is 8.36. The van der Waals surface area contributed by atoms with Crippen LogP contribution < -0.4 is 0 Å². The molecule has 10 heavy (non-hydrogen) atoms. The molecule has 0 bridgehead atoms. The Balaban J connectivity index is 4.62. The second-order valence-electron chi connectivity index (χ2n) is 2.34. The molecule has 0 saturated heterocycles. The molecule has 0 aromatic carbocycles. The summed E-state index contributed by atoms with van der Waals surface area (Å²) in [5.74, 6) is 1.78. The molecular weight excluding hydrogens is 149 g/mol. The van der Waals surface area contributed by atoms with Crippen molar-refractivity contribution in [2.24, 2.45) is 0 Å². The number of hydrogen-bond acceptors (Lipinski definition) is 2. The van der Waals surface area contributed by atoms with E-state index in [4.69, 9.17) is 5.26 Å². The SMILES string of the molecule is CN(C)P(=O)(C#N)N(C)C. The molecule has 5 heteroatoms. The highest BCUT2D eigenvalue weighted by Gasteiger charge is 2.26. The third-order valence-corrected chi connectivity index (χ3v) is 3.64. The quantitative estimate of drug-likeness (QED) is 0.561. The summed E-state index contributed by atoms with van der Waals surface area (Å²) in [4.78, 5) is 0. The molecule has 0 saturated carbocycles. The molecule has 0 amide bonds. The maximum atomic E-state index is 11.5. The molecule has 58 valence electrons. The summed E-state index contributed by atoms with van der Waals surface area (Å²) < 4.78 is 14.3. The Bertz CT molecular complexity index is 182. The molecule has 0 aliphatic rings. The molecule has 0 heterocycles. The Labute approximate surface area is 61.5 Å². The fraction of sp³-hybridized carbons (Fsp3) is 0.800. The van der Waals surface area contributed by atoms with Gasteiger partial charge < -0.3 is 0 Å². The van der Waals surface area contributed by atoms with Crippen molar-refractivity contribution in [3.05, 3.63) is 0 Å². The minimum atomic E-state index is -2.87. The van der Waals surface area contributed by atoms with Crippen LogP contribution in [0, 0.1) is 11.1 Å². The lowest BCUT2D eigenvalue weighted by Crippen LogP contribution is -2.19. The smallest absolute Gasteiger partial charge is 0.272 e. The number of nitrogens with zero attached hydrogens (tertiary/aromatic N) is 3. The minimum Gasteiger partial charge on any atom is -0.272 e. The van der Waals surface area contributed by atoms with E-state index in [1.807, 2.05) is 0 Å². The normalized spacial score (nSPS) is 12.1. The van der Waals surface area contributed by atoms with Crippen LogP contribution >= 0.6 is 7.44 Å². The van der Waals surface area contributed by atoms with Gasteiger partial charge in [0.15, 0.2) is 5.81 Å². The van der Waals surface area contributed by atoms with Crippen LogP contribution in [-0.2, 0) is 4.57 Å². The van der Waals surface area contributed by atoms with Gasteiger partial charge in [-0.2, -0.15) is 5.26 Å². The summed E-state index contributed by atoms with van der Waals surface area (Å²) in [5.41, 5.74) is 0. The molecule has 0 atom stereocenters. The second kappa shape index (κ2) is 3.16. The Morgan fingerprint density at radius 2 is 1.50 bits per heavy atom. The van der Waals surface area contributed by atoms with Gasteiger partial charge in [-0.25, -0.2) is 9.34 Å². The zero-order valence-electron chi connectivity index (χ0n) is 6.70. The van der Waals surface area contributed by atoms with Gasteiger partial charge in [0.1, 0.15) is 0 Å². The highest BCUT2D eigenvalue weighted by Crippen LogP contribution is 2.47. The fourth-order valence-corrected chi connectivity index (χ4v) is 1.61. The number of hydrogen-bond donors (Lipinski definition) is 0. The molecule has 0 fully saturated rings. The highest BCUT2D eigenvalue weighted by atomic mass is 31.2. The summed E-state index contributed by atoms with van der Waals surface area (Å²) in [7, 11) is 3.64. The van der Waals surface area contributed by atoms with Crippen molar-refractivity contribution in [3.63, 3.8) is 0 Å². The molecule has 4 nitrogen and oxygen atoms in total. The standard InChI is InChI=1S/C5H12N3OP/c1-7(2)10(9,5-6)8(3)4/h1-4H3. The van der Waals surface area contributed by atoms with Gasteiger partial charge in [-0.1, -0.05) is 0 Å². The van der Waals surface area contributed by atoms with Crippen molar-refractivity contribution in [2.45, 2.75) is 0 Å². The van der Waals surface area contributed by atoms with E-state index in [1.165, 1.54) is 9.34 Å². The average molecular weight is 161 g/mol. The van der Waals surface area contributed by atoms with Crippen molar-refractivity contribution in [1.82, 2.24) is 9.34 Å². The van der Waals surface area contributed by atoms with Crippen LogP contribution in [0.2, 0.25) is 0 Å². The topological polar surface area (TPSA) is 47.3 Å². The van der Waals surface area contributed by atoms with Crippen LogP contribution in [0.3, 0.4) is 0 Å². The highest BCUT2D eigenvalue weighted by molar-refractivity contribution is 7.64. The van der Waals surface area contributed by atoms with E-state index >= 15 is 0 Å². The largest absolute Gasteiger partial charge is 0.312 e. The van der Waals surface area contributed by atoms with E-state index in [0.717, 1.165) is 0 Å². The molecule has 0 unspecified atom stereocenters. The summed E-state index contributed by atoms with van der Waals surface area (Å²) in [6.45, 7) is 0. The molecule has 0 aromatic rings. The molecule has 0 aliphatic heterocycles. The van der Waals surface area contributed by atoms with E-state index in [1.54, 1.807) is 34.0 Å². The molecule has 0 spiro atoms. The number of nitriles is 1. The fourth-order valence-electron chi connectivity index (χ4n) is 0.537. The van der Waals surface area contributed by atoms with Gasteiger partial charge in [0.2, 0.25) is 0 Å². The van der Waals surface area contributed by atoms with Crippen molar-refractivity contribution < 1.29 is 4.57 Å². The van der Waals surface area contributed by atoms with E-state index < -0.39 is 7.44 Å². The average Bonchev–Trinajstić information content (AvgIpc) is 1.85. The minimum absolute atomic E-state index is 1.44. The summed E-state index contributed by atoms with van der Waals surface area (Å²) in [6.07, 6.45) is 0. The third-order valence-electron chi connectivity index (χ3n) is 1.21. The van der Waals surface area contributed by atoms with Gasteiger partial charge >= 0.3 is 7.44 Å². The van der Waals surface area contributed by atoms with E-state index in [2.05, 4.69) is 0 Å². The molecule has 0 aliphatic carbocycles. The zero-order valence-corrected chi connectivity index (χ0v) is 7.59. The first-order valence-corrected chi connectivity index (χ1v) is 4.43. The molecule has 0 radical (unpaired) electrons. The van der Waals surface area contributed by atoms with Crippen molar-refractivity contribution in [3.8, 4) is 5.81 Å². The maximum absolute atomic E-state index is 11.5. The van der Waals surface area contributed by atoms with Crippen LogP contribution in [0.5, 0.6) is 0 Å². The van der Waals surface area contributed by atoms with Gasteiger partial charge in [0.25, 0.3) is 0 Å². The van der Waals surface area contributed by atoms with Crippen molar-refractivity contribution in [1.29, 1.82) is 5.26 Å². The first kappa shape index (κ1) is 9.64. The molecular formula is C5H12N3OP. The van der Waals surface area contributed by atoms with Gasteiger partial charge in [-0.3, -0.25) is 4.57 Å². The first-order chi connectivity index (χ1) is 4.45. The van der Waals surface area contributed by atoms with Gasteiger partial charge in [-0.05, 0) is 28.2 Å². The third kappa shape index (κ3) is 1.57. The second-order valence-corrected chi connectivity index (χ2v) is 5.23. The van der Waals surface area contributed by atoms with Crippen LogP contribution in [0.4, 0.5) is 0 Å². The Morgan fingerprint density at radius 3 is 1.50 bits per heavy atom. The van der Waals surface area contributed by atoms with E-state index in [-0.39, 0.29) is 0 Å². The van der Waals surface area contributed by atoms with E-state index in [9.17, 15) is 4.57 Å². The molecule has 0 rings (SSSR count). The summed E-state index contributed by atoms with van der Waals surface area (Å²) >= 11 is 0. The van der Waals surface area contributed by atoms with Crippen LogP contribution in [0.25, 0.3) is 0 Å². The lowest BCUT2D eigenvalue weighted by Gasteiger charge is -2.23. The Morgan fingerprint density at radius 1 is 1.20 bits per heavy atom. The Kier molecular flexibility index (Phi) is 3.04. The number of rotatable bonds is 2. The lowest BCUT2D eigenvalue weighted by molar-refractivity contribution is 0.460.